The summed E-state index contributed by atoms with van der Waals surface area (Å²) in [4.78, 5) is 71.5. The lowest BCUT2D eigenvalue weighted by Gasteiger charge is -2.34. The SMILES string of the molecule is CC(c1cc(CO)c(O)c(CO)c1)(c1cc(CO)c(O)c(CO)c1)c1cc(CO)c(O)c(CO)c1.COCn1c(=O)n(C(C)=O)c2c1n(COC)c(=O)n2C(C)=O.COCn1c(OC)c(OC)n(C(C)=O)c1=O.OCc1cc(C(c2cc(CO)c(O)c(CO)c2)c2cc(CO)c(O)c(CO)c2)cc(CO)c1O. The van der Waals surface area contributed by atoms with Gasteiger partial charge in [0.25, 0.3) is 11.8 Å². The molecule has 0 atom stereocenters. The maximum atomic E-state index is 12.4. The molecular weight excluding hydrogens is 1410 g/mol. The van der Waals surface area contributed by atoms with Crippen LogP contribution in [0.25, 0.3) is 11.3 Å². The van der Waals surface area contributed by atoms with Gasteiger partial charge in [0.1, 0.15) is 54.7 Å². The van der Waals surface area contributed by atoms with Gasteiger partial charge in [0.2, 0.25) is 17.7 Å². The highest BCUT2D eigenvalue weighted by Gasteiger charge is 2.36. The number of hydrogen-bond acceptors (Lipinski definition) is 29. The summed E-state index contributed by atoms with van der Waals surface area (Å²) >= 11 is 0. The molecule has 107 heavy (non-hydrogen) atoms. The van der Waals surface area contributed by atoms with E-state index in [1.165, 1.54) is 134 Å². The van der Waals surface area contributed by atoms with Crippen molar-refractivity contribution in [2.24, 2.45) is 0 Å². The van der Waals surface area contributed by atoms with Gasteiger partial charge in [-0.15, -0.1) is 0 Å². The van der Waals surface area contributed by atoms with Crippen LogP contribution in [0.15, 0.2) is 87.2 Å². The van der Waals surface area contributed by atoms with Crippen molar-refractivity contribution in [3.8, 4) is 46.3 Å². The Morgan fingerprint density at radius 1 is 0.327 bits per heavy atom. The molecule has 580 valence electrons. The Bertz CT molecular complexity index is 4370. The standard InChI is InChI=1S/C26H30O9.C25H28O9.C12H16N4O6.C9H14N2O5/c1-26(20-2-14(8-27)23(33)15(3-20)9-28,21-4-16(10-29)24(34)17(5-21)11-30)22-6-18(12-31)25(35)19(7-22)13-32;26-7-16-1-13(2-17(8-27)23(16)32)22(14-3-18(9-28)24(33)19(4-14)10-29)15-5-20(11-30)25(34)21(6-15)12-31;1-7(17)15-10-9(13(5-21-3)11(15)19)14(6-22-4)12(20)16(10)8(2)18;1-6(12)11-8(16-4)7(15-3)10(5-14-2)9(11)13/h2-7,27-35H,8-13H2,1H3;1-6,22,26-34H,7-12H2;5-6H2,1-4H3;5H2,1-4H3. The van der Waals surface area contributed by atoms with Crippen LogP contribution >= 0.6 is 0 Å². The summed E-state index contributed by atoms with van der Waals surface area (Å²) in [5, 5.41) is 180. The van der Waals surface area contributed by atoms with Gasteiger partial charge in [-0.05, 0) is 113 Å². The maximum Gasteiger partial charge on any atom is 0.342 e. The molecule has 0 spiro atoms. The highest BCUT2D eigenvalue weighted by atomic mass is 16.5. The van der Waals surface area contributed by atoms with E-state index in [2.05, 4.69) is 0 Å². The first-order valence-electron chi connectivity index (χ1n) is 32.3. The van der Waals surface area contributed by atoms with Crippen molar-refractivity contribution >= 4 is 29.0 Å². The van der Waals surface area contributed by atoms with Crippen LogP contribution in [0.2, 0.25) is 0 Å². The number of methoxy groups -OCH3 is 5. The fourth-order valence-corrected chi connectivity index (χ4v) is 12.3. The summed E-state index contributed by atoms with van der Waals surface area (Å²) in [6, 6.07) is 18.3. The van der Waals surface area contributed by atoms with Crippen LogP contribution in [-0.4, -0.2) is 173 Å². The number of benzene rings is 6. The Labute approximate surface area is 608 Å². The van der Waals surface area contributed by atoms with E-state index in [9.17, 15) is 121 Å². The van der Waals surface area contributed by atoms with E-state index in [0.29, 0.717) is 33.4 Å². The molecule has 18 N–H and O–H groups in total. The van der Waals surface area contributed by atoms with Crippen molar-refractivity contribution in [3.63, 3.8) is 0 Å². The summed E-state index contributed by atoms with van der Waals surface area (Å²) in [6.07, 6.45) is 0. The topological polar surface area (TPSA) is 542 Å². The third-order valence-corrected chi connectivity index (χ3v) is 17.6. The highest BCUT2D eigenvalue weighted by Crippen LogP contribution is 2.46. The second-order valence-corrected chi connectivity index (χ2v) is 24.1. The number of aromatic hydroxyl groups is 6. The minimum atomic E-state index is -1.20. The van der Waals surface area contributed by atoms with Gasteiger partial charge in [-0.1, -0.05) is 0 Å². The Kier molecular flexibility index (Phi) is 30.0. The van der Waals surface area contributed by atoms with Gasteiger partial charge in [-0.25, -0.2) is 28.1 Å². The van der Waals surface area contributed by atoms with Gasteiger partial charge < -0.3 is 116 Å². The van der Waals surface area contributed by atoms with Crippen molar-refractivity contribution in [1.82, 2.24) is 27.4 Å². The minimum absolute atomic E-state index is 0.0152. The fourth-order valence-electron chi connectivity index (χ4n) is 12.3. The van der Waals surface area contributed by atoms with Crippen LogP contribution in [0.4, 0.5) is 0 Å². The number of carbonyl (C=O) groups is 3. The van der Waals surface area contributed by atoms with Crippen molar-refractivity contribution in [2.75, 3.05) is 35.5 Å². The first-order chi connectivity index (χ1) is 51.0. The van der Waals surface area contributed by atoms with Crippen LogP contribution in [0.5, 0.6) is 46.3 Å². The number of aliphatic hydroxyl groups is 12. The van der Waals surface area contributed by atoms with E-state index in [-0.39, 0.29) is 145 Å². The van der Waals surface area contributed by atoms with Gasteiger partial charge in [0.15, 0.2) is 11.3 Å². The van der Waals surface area contributed by atoms with Gasteiger partial charge in [-0.3, -0.25) is 23.5 Å². The van der Waals surface area contributed by atoms with E-state index in [1.807, 2.05) is 0 Å². The van der Waals surface area contributed by atoms with Gasteiger partial charge in [-0.2, -0.15) is 4.57 Å². The summed E-state index contributed by atoms with van der Waals surface area (Å²) in [5.41, 5.74) is 1.50. The molecule has 0 aliphatic heterocycles. The molecule has 9 rings (SSSR count). The zero-order valence-electron chi connectivity index (χ0n) is 59.8. The molecule has 6 aromatic carbocycles. The lowest BCUT2D eigenvalue weighted by atomic mass is 9.69. The van der Waals surface area contributed by atoms with Crippen molar-refractivity contribution in [3.05, 3.63) is 204 Å². The van der Waals surface area contributed by atoms with Crippen LogP contribution in [0, 0.1) is 0 Å². The Morgan fingerprint density at radius 2 is 0.533 bits per heavy atom. The smallest absolute Gasteiger partial charge is 0.342 e. The first-order valence-corrected chi connectivity index (χ1v) is 32.3. The summed E-state index contributed by atoms with van der Waals surface area (Å²) in [5.74, 6) is -3.77. The molecule has 35 nitrogen and oxygen atoms in total. The zero-order chi connectivity index (χ0) is 79.8. The van der Waals surface area contributed by atoms with E-state index in [0.717, 1.165) is 22.8 Å². The van der Waals surface area contributed by atoms with Crippen molar-refractivity contribution < 1.29 is 130 Å². The molecule has 0 aliphatic rings. The highest BCUT2D eigenvalue weighted by molar-refractivity contribution is 5.92. The second kappa shape index (κ2) is 37.6. The van der Waals surface area contributed by atoms with Crippen LogP contribution in [0.1, 0.15) is 148 Å². The average molecular weight is 1500 g/mol. The molecule has 0 unspecified atom stereocenters. The van der Waals surface area contributed by atoms with Crippen molar-refractivity contribution in [2.45, 2.75) is 139 Å². The number of rotatable bonds is 26. The van der Waals surface area contributed by atoms with Crippen LogP contribution in [-0.2, 0) is 119 Å². The Balaban J connectivity index is 0.000000233. The Hall–Kier alpha value is -10.6. The number of carbonyl (C=O) groups excluding carboxylic acids is 3. The van der Waals surface area contributed by atoms with Crippen LogP contribution in [0.3, 0.4) is 0 Å². The normalized spacial score (nSPS) is 11.3. The fraction of sp³-hybridized carbons (Fsp3) is 0.361. The largest absolute Gasteiger partial charge is 0.507 e. The molecule has 0 saturated heterocycles. The first kappa shape index (κ1) is 85.3. The molecule has 3 heterocycles. The van der Waals surface area contributed by atoms with Crippen LogP contribution < -0.4 is 26.5 Å². The molecule has 3 aromatic heterocycles. The lowest BCUT2D eigenvalue weighted by Crippen LogP contribution is -2.34. The molecule has 0 amide bonds. The summed E-state index contributed by atoms with van der Waals surface area (Å²) < 4.78 is 30.5. The maximum absolute atomic E-state index is 12.4. The number of nitrogens with zero attached hydrogens (tertiary/aromatic N) is 6. The van der Waals surface area contributed by atoms with E-state index in [4.69, 9.17) is 23.7 Å². The third-order valence-electron chi connectivity index (χ3n) is 17.6. The number of hydrogen-bond donors (Lipinski definition) is 18. The van der Waals surface area contributed by atoms with E-state index in [1.54, 1.807) is 6.92 Å². The predicted molar refractivity (Wildman–Crippen MR) is 376 cm³/mol. The number of fused-ring (bicyclic) bond motifs is 1. The average Bonchev–Trinajstić information content (AvgIpc) is 1.63. The third kappa shape index (κ3) is 17.1. The zero-order valence-corrected chi connectivity index (χ0v) is 59.8. The van der Waals surface area contributed by atoms with E-state index < -0.39 is 125 Å². The Morgan fingerprint density at radius 3 is 0.729 bits per heavy atom. The molecule has 9 aromatic rings. The number of phenols is 6. The number of aromatic nitrogens is 6. The summed E-state index contributed by atoms with van der Waals surface area (Å²) in [7, 11) is 6.90. The number of imidazole rings is 3. The van der Waals surface area contributed by atoms with Gasteiger partial charge in [0, 0.05) is 120 Å². The van der Waals surface area contributed by atoms with E-state index >= 15 is 0 Å². The molecule has 0 bridgehead atoms. The monoisotopic (exact) mass is 1500 g/mol. The molecule has 35 heteroatoms. The van der Waals surface area contributed by atoms with Crippen molar-refractivity contribution in [1.29, 1.82) is 0 Å². The van der Waals surface area contributed by atoms with Gasteiger partial charge >= 0.3 is 17.1 Å². The van der Waals surface area contributed by atoms with Gasteiger partial charge in [0.05, 0.1) is 93.5 Å². The molecule has 0 fully saturated rings. The quantitative estimate of drug-likeness (QED) is 0.0339. The summed E-state index contributed by atoms with van der Waals surface area (Å²) in [6.45, 7) is -1.27. The molecule has 0 radical (unpaired) electrons. The number of ether oxygens (including phenoxy) is 5. The molecular formula is C72H88N6O29. The number of aliphatic hydroxyl groups excluding tert-OH is 12. The minimum Gasteiger partial charge on any atom is -0.507 e. The second-order valence-electron chi connectivity index (χ2n) is 24.1. The molecule has 0 saturated carbocycles. The molecule has 0 aliphatic carbocycles. The lowest BCUT2D eigenvalue weighted by molar-refractivity contribution is 0.0903. The predicted octanol–water partition coefficient (Wildman–Crippen LogP) is 1.27.